The van der Waals surface area contributed by atoms with Gasteiger partial charge in [0.25, 0.3) is 5.56 Å². The molecular formula is C11H8F2N2O5S. The molecule has 1 heterocycles. The van der Waals surface area contributed by atoms with E-state index in [0.717, 1.165) is 35.1 Å². The van der Waals surface area contributed by atoms with Crippen molar-refractivity contribution in [2.45, 2.75) is 10.7 Å². The predicted molar refractivity (Wildman–Crippen MR) is 66.5 cm³/mol. The molecule has 2 rings (SSSR count). The SMILES string of the molecule is O=C(O)c1c[nH]n(-c2ccc(S(=O)(=O)C(F)F)cc2)c1=O. The van der Waals surface area contributed by atoms with Crippen molar-refractivity contribution in [3.63, 3.8) is 0 Å². The Morgan fingerprint density at radius 3 is 2.24 bits per heavy atom. The summed E-state index contributed by atoms with van der Waals surface area (Å²) < 4.78 is 48.0. The summed E-state index contributed by atoms with van der Waals surface area (Å²) in [5.74, 6) is -4.97. The Morgan fingerprint density at radius 2 is 1.81 bits per heavy atom. The molecule has 0 unspecified atom stereocenters. The van der Waals surface area contributed by atoms with E-state index >= 15 is 0 Å². The second kappa shape index (κ2) is 5.13. The Labute approximate surface area is 116 Å². The molecule has 1 aromatic carbocycles. The molecule has 0 fully saturated rings. The molecule has 0 atom stereocenters. The quantitative estimate of drug-likeness (QED) is 0.869. The monoisotopic (exact) mass is 318 g/mol. The number of carboxylic acids is 1. The predicted octanol–water partition coefficient (Wildman–Crippen LogP) is 0.860. The van der Waals surface area contributed by atoms with Gasteiger partial charge >= 0.3 is 11.7 Å². The fourth-order valence-corrected chi connectivity index (χ4v) is 2.32. The average Bonchev–Trinajstić information content (AvgIpc) is 2.80. The van der Waals surface area contributed by atoms with Gasteiger partial charge in [-0.25, -0.2) is 17.9 Å². The Kier molecular flexibility index (Phi) is 3.64. The number of rotatable bonds is 4. The van der Waals surface area contributed by atoms with Gasteiger partial charge in [-0.3, -0.25) is 9.89 Å². The van der Waals surface area contributed by atoms with Gasteiger partial charge in [0.05, 0.1) is 10.6 Å². The molecule has 1 aromatic heterocycles. The van der Waals surface area contributed by atoms with Crippen LogP contribution in [0.25, 0.3) is 5.69 Å². The highest BCUT2D eigenvalue weighted by Crippen LogP contribution is 2.19. The lowest BCUT2D eigenvalue weighted by molar-refractivity contribution is 0.0695. The Morgan fingerprint density at radius 1 is 1.24 bits per heavy atom. The smallest absolute Gasteiger partial charge is 0.342 e. The molecule has 0 saturated heterocycles. The van der Waals surface area contributed by atoms with E-state index in [1.165, 1.54) is 0 Å². The first kappa shape index (κ1) is 14.9. The summed E-state index contributed by atoms with van der Waals surface area (Å²) in [7, 11) is -4.72. The maximum atomic E-state index is 12.4. The normalized spacial score (nSPS) is 11.8. The minimum Gasteiger partial charge on any atom is -0.477 e. The van der Waals surface area contributed by atoms with Gasteiger partial charge in [-0.05, 0) is 24.3 Å². The summed E-state index contributed by atoms with van der Waals surface area (Å²) >= 11 is 0. The number of benzene rings is 1. The van der Waals surface area contributed by atoms with Gasteiger partial charge in [0, 0.05) is 6.20 Å². The summed E-state index contributed by atoms with van der Waals surface area (Å²) in [5, 5.41) is 11.1. The number of aromatic nitrogens is 2. The molecule has 10 heteroatoms. The fraction of sp³-hybridized carbons (Fsp3) is 0.0909. The highest BCUT2D eigenvalue weighted by Gasteiger charge is 2.26. The molecule has 112 valence electrons. The van der Waals surface area contributed by atoms with Crippen LogP contribution in [0.1, 0.15) is 10.4 Å². The topological polar surface area (TPSA) is 109 Å². The van der Waals surface area contributed by atoms with E-state index in [1.807, 2.05) is 0 Å². The third-order valence-corrected chi connectivity index (χ3v) is 4.06. The highest BCUT2D eigenvalue weighted by atomic mass is 32.2. The van der Waals surface area contributed by atoms with Crippen molar-refractivity contribution in [1.82, 2.24) is 9.78 Å². The zero-order chi connectivity index (χ0) is 15.8. The Hall–Kier alpha value is -2.49. The minimum absolute atomic E-state index is 0.112. The number of carboxylic acid groups (broad SMARTS) is 1. The molecule has 0 aliphatic rings. The standard InChI is InChI=1S/C11H8F2N2O5S/c12-11(13)21(19,20)7-3-1-6(2-4-7)15-9(16)8(5-14-15)10(17)18/h1-5,11,14H,(H,17,18). The first-order valence-corrected chi connectivity index (χ1v) is 6.96. The number of H-pyrrole nitrogens is 1. The van der Waals surface area contributed by atoms with Crippen molar-refractivity contribution >= 4 is 15.8 Å². The van der Waals surface area contributed by atoms with Crippen LogP contribution in [0.15, 0.2) is 40.2 Å². The number of hydrogen-bond donors (Lipinski definition) is 2. The van der Waals surface area contributed by atoms with Gasteiger partial charge in [-0.1, -0.05) is 0 Å². The second-order valence-corrected chi connectivity index (χ2v) is 5.85. The number of aromatic amines is 1. The molecular weight excluding hydrogens is 310 g/mol. The molecule has 0 bridgehead atoms. The molecule has 0 spiro atoms. The van der Waals surface area contributed by atoms with E-state index in [-0.39, 0.29) is 5.69 Å². The van der Waals surface area contributed by atoms with E-state index in [2.05, 4.69) is 5.10 Å². The number of hydrogen-bond acceptors (Lipinski definition) is 4. The third-order valence-electron chi connectivity index (χ3n) is 2.66. The van der Waals surface area contributed by atoms with Crippen LogP contribution >= 0.6 is 0 Å². The maximum Gasteiger partial charge on any atom is 0.342 e. The zero-order valence-electron chi connectivity index (χ0n) is 10.2. The van der Waals surface area contributed by atoms with Crippen LogP contribution in [0.2, 0.25) is 0 Å². The van der Waals surface area contributed by atoms with Gasteiger partial charge in [0.15, 0.2) is 0 Å². The first-order chi connectivity index (χ1) is 9.75. The van der Waals surface area contributed by atoms with Crippen molar-refractivity contribution < 1.29 is 27.1 Å². The van der Waals surface area contributed by atoms with E-state index in [0.29, 0.717) is 0 Å². The Balaban J connectivity index is 2.46. The van der Waals surface area contributed by atoms with Gasteiger partial charge in [0.1, 0.15) is 5.56 Å². The van der Waals surface area contributed by atoms with Gasteiger partial charge in [-0.2, -0.15) is 8.78 Å². The number of nitrogens with zero attached hydrogens (tertiary/aromatic N) is 1. The molecule has 0 radical (unpaired) electrons. The molecule has 0 aliphatic heterocycles. The maximum absolute atomic E-state index is 12.4. The number of nitrogens with one attached hydrogen (secondary N) is 1. The summed E-state index contributed by atoms with van der Waals surface area (Å²) in [4.78, 5) is 21.8. The summed E-state index contributed by atoms with van der Waals surface area (Å²) in [6.45, 7) is 0. The third kappa shape index (κ3) is 2.57. The van der Waals surface area contributed by atoms with Crippen molar-refractivity contribution in [1.29, 1.82) is 0 Å². The van der Waals surface area contributed by atoms with Crippen LogP contribution in [0, 0.1) is 0 Å². The van der Waals surface area contributed by atoms with Gasteiger partial charge in [-0.15, -0.1) is 0 Å². The number of halogens is 2. The van der Waals surface area contributed by atoms with Crippen molar-refractivity contribution in [3.8, 4) is 5.69 Å². The van der Waals surface area contributed by atoms with Crippen molar-refractivity contribution in [2.24, 2.45) is 0 Å². The minimum atomic E-state index is -4.72. The molecule has 2 N–H and O–H groups in total. The van der Waals surface area contributed by atoms with Gasteiger partial charge < -0.3 is 5.11 Å². The molecule has 0 aliphatic carbocycles. The molecule has 7 nitrogen and oxygen atoms in total. The summed E-state index contributed by atoms with van der Waals surface area (Å²) in [6.07, 6.45) is 0.967. The van der Waals surface area contributed by atoms with Crippen LogP contribution in [0.4, 0.5) is 8.78 Å². The largest absolute Gasteiger partial charge is 0.477 e. The summed E-state index contributed by atoms with van der Waals surface area (Å²) in [6, 6.07) is 4.03. The van der Waals surface area contributed by atoms with E-state index in [4.69, 9.17) is 5.11 Å². The van der Waals surface area contributed by atoms with Gasteiger partial charge in [0.2, 0.25) is 9.84 Å². The van der Waals surface area contributed by atoms with Crippen molar-refractivity contribution in [3.05, 3.63) is 46.4 Å². The molecule has 0 saturated carbocycles. The van der Waals surface area contributed by atoms with Crippen LogP contribution in [-0.2, 0) is 9.84 Å². The van der Waals surface area contributed by atoms with E-state index < -0.39 is 37.6 Å². The number of alkyl halides is 2. The first-order valence-electron chi connectivity index (χ1n) is 5.41. The Bertz CT molecular complexity index is 836. The van der Waals surface area contributed by atoms with Crippen LogP contribution in [0.5, 0.6) is 0 Å². The van der Waals surface area contributed by atoms with Crippen molar-refractivity contribution in [2.75, 3.05) is 0 Å². The van der Waals surface area contributed by atoms with E-state index in [1.54, 1.807) is 0 Å². The number of aromatic carboxylic acids is 1. The second-order valence-electron chi connectivity index (χ2n) is 3.93. The lowest BCUT2D eigenvalue weighted by atomic mass is 10.3. The molecule has 0 amide bonds. The fourth-order valence-electron chi connectivity index (χ4n) is 1.60. The lowest BCUT2D eigenvalue weighted by Gasteiger charge is -2.05. The lowest BCUT2D eigenvalue weighted by Crippen LogP contribution is -2.20. The molecule has 21 heavy (non-hydrogen) atoms. The van der Waals surface area contributed by atoms with Crippen LogP contribution in [-0.4, -0.2) is 35.0 Å². The van der Waals surface area contributed by atoms with E-state index in [9.17, 15) is 26.8 Å². The van der Waals surface area contributed by atoms with Crippen LogP contribution < -0.4 is 5.56 Å². The summed E-state index contributed by atoms with van der Waals surface area (Å²) in [5.41, 5.74) is -1.24. The average molecular weight is 318 g/mol. The number of sulfone groups is 1. The molecule has 2 aromatic rings. The highest BCUT2D eigenvalue weighted by molar-refractivity contribution is 7.91. The number of carbonyl (C=O) groups is 1. The van der Waals surface area contributed by atoms with Crippen LogP contribution in [0.3, 0.4) is 0 Å². The zero-order valence-corrected chi connectivity index (χ0v) is 11.0.